The minimum Gasteiger partial charge on any atom is -0.355 e. The van der Waals surface area contributed by atoms with Crippen LogP contribution in [0.1, 0.15) is 25.8 Å². The molecule has 0 bridgehead atoms. The Morgan fingerprint density at radius 3 is 2.75 bits per heavy atom. The second-order valence-electron chi connectivity index (χ2n) is 6.19. The van der Waals surface area contributed by atoms with Gasteiger partial charge in [-0.05, 0) is 44.1 Å². The summed E-state index contributed by atoms with van der Waals surface area (Å²) in [6, 6.07) is 4.36. The van der Waals surface area contributed by atoms with Crippen molar-refractivity contribution in [3.05, 3.63) is 23.9 Å². The van der Waals surface area contributed by atoms with Crippen LogP contribution in [0.5, 0.6) is 0 Å². The standard InChI is InChI=1S/C16H28N4/c1-14(2)11-17-12-15-5-6-16(18-13-15)20-8-4-7-19(3)9-10-20/h5-6,13-14,17H,4,7-12H2,1-3H3. The van der Waals surface area contributed by atoms with Crippen LogP contribution in [0.2, 0.25) is 0 Å². The first-order valence-electron chi connectivity index (χ1n) is 7.74. The maximum atomic E-state index is 4.63. The summed E-state index contributed by atoms with van der Waals surface area (Å²) < 4.78 is 0. The van der Waals surface area contributed by atoms with Crippen LogP contribution >= 0.6 is 0 Å². The summed E-state index contributed by atoms with van der Waals surface area (Å²) in [4.78, 5) is 9.42. The first kappa shape index (κ1) is 15.3. The average molecular weight is 276 g/mol. The summed E-state index contributed by atoms with van der Waals surface area (Å²) in [6.07, 6.45) is 3.23. The van der Waals surface area contributed by atoms with Gasteiger partial charge < -0.3 is 15.1 Å². The zero-order valence-electron chi connectivity index (χ0n) is 13.1. The summed E-state index contributed by atoms with van der Waals surface area (Å²) in [6.45, 7) is 10.9. The fraction of sp³-hybridized carbons (Fsp3) is 0.688. The number of likely N-dealkylation sites (N-methyl/N-ethyl adjacent to an activating group) is 1. The van der Waals surface area contributed by atoms with Gasteiger partial charge in [0.15, 0.2) is 0 Å². The van der Waals surface area contributed by atoms with E-state index in [1.165, 1.54) is 18.5 Å². The van der Waals surface area contributed by atoms with Crippen molar-refractivity contribution in [2.45, 2.75) is 26.8 Å². The lowest BCUT2D eigenvalue weighted by Crippen LogP contribution is -2.29. The van der Waals surface area contributed by atoms with E-state index in [4.69, 9.17) is 0 Å². The number of rotatable bonds is 5. The second-order valence-corrected chi connectivity index (χ2v) is 6.19. The number of pyridine rings is 1. The van der Waals surface area contributed by atoms with Crippen LogP contribution in [0.25, 0.3) is 0 Å². The topological polar surface area (TPSA) is 31.4 Å². The second kappa shape index (κ2) is 7.60. The molecule has 112 valence electrons. The number of aromatic nitrogens is 1. The molecule has 0 unspecified atom stereocenters. The molecule has 0 radical (unpaired) electrons. The monoisotopic (exact) mass is 276 g/mol. The van der Waals surface area contributed by atoms with Gasteiger partial charge in [-0.2, -0.15) is 0 Å². The van der Waals surface area contributed by atoms with Crippen LogP contribution < -0.4 is 10.2 Å². The predicted molar refractivity (Wildman–Crippen MR) is 85.1 cm³/mol. The predicted octanol–water partition coefficient (Wildman–Crippen LogP) is 1.97. The molecule has 0 amide bonds. The van der Waals surface area contributed by atoms with Crippen molar-refractivity contribution in [3.8, 4) is 0 Å². The molecule has 1 aromatic rings. The van der Waals surface area contributed by atoms with Gasteiger partial charge in [0.25, 0.3) is 0 Å². The molecule has 20 heavy (non-hydrogen) atoms. The molecule has 4 heteroatoms. The molecule has 0 spiro atoms. The Hall–Kier alpha value is -1.13. The Bertz CT molecular complexity index is 388. The lowest BCUT2D eigenvalue weighted by atomic mass is 10.2. The number of hydrogen-bond donors (Lipinski definition) is 1. The number of nitrogens with one attached hydrogen (secondary N) is 1. The van der Waals surface area contributed by atoms with E-state index in [-0.39, 0.29) is 0 Å². The van der Waals surface area contributed by atoms with Crippen molar-refractivity contribution < 1.29 is 0 Å². The summed E-state index contributed by atoms with van der Waals surface area (Å²) in [5.41, 5.74) is 1.27. The van der Waals surface area contributed by atoms with E-state index in [0.29, 0.717) is 5.92 Å². The summed E-state index contributed by atoms with van der Waals surface area (Å²) in [5.74, 6) is 1.81. The number of nitrogens with zero attached hydrogens (tertiary/aromatic N) is 3. The third kappa shape index (κ3) is 4.76. The number of hydrogen-bond acceptors (Lipinski definition) is 4. The highest BCUT2D eigenvalue weighted by Gasteiger charge is 2.13. The molecule has 0 aliphatic carbocycles. The van der Waals surface area contributed by atoms with Gasteiger partial charge in [-0.3, -0.25) is 0 Å². The van der Waals surface area contributed by atoms with Crippen LogP contribution in [0.3, 0.4) is 0 Å². The first-order chi connectivity index (χ1) is 9.65. The van der Waals surface area contributed by atoms with Gasteiger partial charge in [-0.1, -0.05) is 19.9 Å². The summed E-state index contributed by atoms with van der Waals surface area (Å²) >= 11 is 0. The highest BCUT2D eigenvalue weighted by Crippen LogP contribution is 2.13. The smallest absolute Gasteiger partial charge is 0.128 e. The van der Waals surface area contributed by atoms with Gasteiger partial charge in [-0.25, -0.2) is 4.98 Å². The molecule has 1 aromatic heterocycles. The molecule has 1 aliphatic heterocycles. The van der Waals surface area contributed by atoms with Crippen molar-refractivity contribution in [2.75, 3.05) is 44.7 Å². The SMILES string of the molecule is CC(C)CNCc1ccc(N2CCCN(C)CC2)nc1. The van der Waals surface area contributed by atoms with Gasteiger partial charge >= 0.3 is 0 Å². The zero-order valence-corrected chi connectivity index (χ0v) is 13.1. The highest BCUT2D eigenvalue weighted by molar-refractivity contribution is 5.39. The van der Waals surface area contributed by atoms with Crippen molar-refractivity contribution >= 4 is 5.82 Å². The Balaban J connectivity index is 1.87. The third-order valence-electron chi connectivity index (χ3n) is 3.73. The fourth-order valence-electron chi connectivity index (χ4n) is 2.49. The average Bonchev–Trinajstić information content (AvgIpc) is 2.64. The summed E-state index contributed by atoms with van der Waals surface area (Å²) in [7, 11) is 2.19. The van der Waals surface area contributed by atoms with Gasteiger partial charge in [0.2, 0.25) is 0 Å². The Kier molecular flexibility index (Phi) is 5.80. The molecule has 1 aliphatic rings. The van der Waals surface area contributed by atoms with Crippen LogP contribution in [-0.4, -0.2) is 49.7 Å². The van der Waals surface area contributed by atoms with E-state index in [2.05, 4.69) is 53.1 Å². The van der Waals surface area contributed by atoms with Crippen LogP contribution in [0.4, 0.5) is 5.82 Å². The maximum Gasteiger partial charge on any atom is 0.128 e. The highest BCUT2D eigenvalue weighted by atomic mass is 15.2. The molecular formula is C16H28N4. The van der Waals surface area contributed by atoms with Crippen LogP contribution in [0.15, 0.2) is 18.3 Å². The van der Waals surface area contributed by atoms with Gasteiger partial charge in [0.1, 0.15) is 5.82 Å². The van der Waals surface area contributed by atoms with E-state index in [0.717, 1.165) is 38.5 Å². The molecule has 0 saturated carbocycles. The zero-order chi connectivity index (χ0) is 14.4. The quantitative estimate of drug-likeness (QED) is 0.891. The van der Waals surface area contributed by atoms with Crippen LogP contribution in [-0.2, 0) is 6.54 Å². The molecule has 2 heterocycles. The van der Waals surface area contributed by atoms with Crippen molar-refractivity contribution in [1.82, 2.24) is 15.2 Å². The first-order valence-corrected chi connectivity index (χ1v) is 7.74. The minimum atomic E-state index is 0.691. The van der Waals surface area contributed by atoms with Gasteiger partial charge in [0.05, 0.1) is 0 Å². The molecular weight excluding hydrogens is 248 g/mol. The lowest BCUT2D eigenvalue weighted by molar-refractivity contribution is 0.360. The van der Waals surface area contributed by atoms with Crippen molar-refractivity contribution in [3.63, 3.8) is 0 Å². The molecule has 1 N–H and O–H groups in total. The Morgan fingerprint density at radius 1 is 1.20 bits per heavy atom. The van der Waals surface area contributed by atoms with E-state index in [1.54, 1.807) is 0 Å². The summed E-state index contributed by atoms with van der Waals surface area (Å²) in [5, 5.41) is 3.46. The Labute approximate surface area is 123 Å². The van der Waals surface area contributed by atoms with Crippen molar-refractivity contribution in [1.29, 1.82) is 0 Å². The molecule has 0 aromatic carbocycles. The number of anilines is 1. The molecule has 2 rings (SSSR count). The Morgan fingerprint density at radius 2 is 2.05 bits per heavy atom. The molecule has 1 fully saturated rings. The third-order valence-corrected chi connectivity index (χ3v) is 3.73. The normalized spacial score (nSPS) is 17.5. The van der Waals surface area contributed by atoms with Gasteiger partial charge in [0, 0.05) is 32.4 Å². The molecule has 0 atom stereocenters. The van der Waals surface area contributed by atoms with E-state index >= 15 is 0 Å². The maximum absolute atomic E-state index is 4.63. The van der Waals surface area contributed by atoms with Gasteiger partial charge in [-0.15, -0.1) is 0 Å². The van der Waals surface area contributed by atoms with Crippen molar-refractivity contribution in [2.24, 2.45) is 5.92 Å². The van der Waals surface area contributed by atoms with E-state index in [9.17, 15) is 0 Å². The fourth-order valence-corrected chi connectivity index (χ4v) is 2.49. The molecule has 4 nitrogen and oxygen atoms in total. The minimum absolute atomic E-state index is 0.691. The lowest BCUT2D eigenvalue weighted by Gasteiger charge is -2.21. The molecule has 1 saturated heterocycles. The van der Waals surface area contributed by atoms with E-state index in [1.807, 2.05) is 6.20 Å². The largest absolute Gasteiger partial charge is 0.355 e. The van der Waals surface area contributed by atoms with E-state index < -0.39 is 0 Å². The van der Waals surface area contributed by atoms with Crippen LogP contribution in [0, 0.1) is 5.92 Å².